The topological polar surface area (TPSA) is 90.2 Å². The van der Waals surface area contributed by atoms with E-state index in [0.717, 1.165) is 5.56 Å². The molecule has 0 amide bonds. The van der Waals surface area contributed by atoms with Gasteiger partial charge in [0.1, 0.15) is 0 Å². The number of rotatable bonds is 5. The third kappa shape index (κ3) is 3.96. The summed E-state index contributed by atoms with van der Waals surface area (Å²) in [6.45, 7) is 0.658. The van der Waals surface area contributed by atoms with Crippen molar-refractivity contribution in [3.63, 3.8) is 0 Å². The van der Waals surface area contributed by atoms with E-state index in [-0.39, 0.29) is 11.7 Å². The lowest BCUT2D eigenvalue weighted by Gasteiger charge is -2.08. The number of nitro groups is 1. The number of hydrogen-bond donors (Lipinski definition) is 1. The number of nitro benzene ring substituents is 1. The standard InChI is InChI=1S/C12H10Br2N4O3/c1-15-4-7-5-16-12(17-6-7)21-11-9(13)2-8(18(19)20)3-10(11)14/h2-3,5-6,15H,4H2,1H3. The molecule has 2 aromatic rings. The van der Waals surface area contributed by atoms with E-state index < -0.39 is 4.92 Å². The van der Waals surface area contributed by atoms with Gasteiger partial charge in [0.25, 0.3) is 5.69 Å². The first kappa shape index (κ1) is 15.8. The minimum absolute atomic E-state index is 0.0496. The first-order valence-electron chi connectivity index (χ1n) is 5.78. The molecule has 0 aliphatic heterocycles. The molecule has 0 radical (unpaired) electrons. The van der Waals surface area contributed by atoms with Crippen LogP contribution in [0.5, 0.6) is 11.8 Å². The number of nitrogens with zero attached hydrogens (tertiary/aromatic N) is 3. The van der Waals surface area contributed by atoms with Crippen molar-refractivity contribution < 1.29 is 9.66 Å². The molecule has 0 unspecified atom stereocenters. The monoisotopic (exact) mass is 416 g/mol. The highest BCUT2D eigenvalue weighted by Crippen LogP contribution is 2.38. The molecule has 0 bridgehead atoms. The van der Waals surface area contributed by atoms with Crippen molar-refractivity contribution in [1.29, 1.82) is 0 Å². The van der Waals surface area contributed by atoms with E-state index in [1.807, 2.05) is 7.05 Å². The van der Waals surface area contributed by atoms with E-state index in [9.17, 15) is 10.1 Å². The largest absolute Gasteiger partial charge is 0.422 e. The minimum Gasteiger partial charge on any atom is -0.422 e. The normalized spacial score (nSPS) is 10.4. The smallest absolute Gasteiger partial charge is 0.321 e. The summed E-state index contributed by atoms with van der Waals surface area (Å²) in [6, 6.07) is 2.87. The van der Waals surface area contributed by atoms with E-state index in [1.165, 1.54) is 12.1 Å². The Labute approximate surface area is 137 Å². The van der Waals surface area contributed by atoms with Gasteiger partial charge in [0, 0.05) is 36.6 Å². The van der Waals surface area contributed by atoms with Crippen LogP contribution in [0.25, 0.3) is 0 Å². The zero-order valence-electron chi connectivity index (χ0n) is 10.8. The van der Waals surface area contributed by atoms with Gasteiger partial charge in [-0.25, -0.2) is 9.97 Å². The van der Waals surface area contributed by atoms with Crippen LogP contribution in [-0.2, 0) is 6.54 Å². The minimum atomic E-state index is -0.484. The fraction of sp³-hybridized carbons (Fsp3) is 0.167. The number of ether oxygens (including phenoxy) is 1. The Bertz CT molecular complexity index is 641. The number of nitrogens with one attached hydrogen (secondary N) is 1. The predicted molar refractivity (Wildman–Crippen MR) is 83.4 cm³/mol. The second kappa shape index (κ2) is 6.92. The van der Waals surface area contributed by atoms with Crippen molar-refractivity contribution in [3.8, 4) is 11.8 Å². The predicted octanol–water partition coefficient (Wildman–Crippen LogP) is 3.42. The molecule has 1 heterocycles. The molecule has 1 N–H and O–H groups in total. The van der Waals surface area contributed by atoms with Gasteiger partial charge in [-0.3, -0.25) is 10.1 Å². The first-order valence-corrected chi connectivity index (χ1v) is 7.36. The van der Waals surface area contributed by atoms with Gasteiger partial charge in [0.05, 0.1) is 13.9 Å². The molecule has 1 aromatic heterocycles. The van der Waals surface area contributed by atoms with Gasteiger partial charge >= 0.3 is 6.01 Å². The van der Waals surface area contributed by atoms with Crippen molar-refractivity contribution >= 4 is 37.5 Å². The summed E-state index contributed by atoms with van der Waals surface area (Å²) in [5, 5.41) is 13.8. The number of halogens is 2. The molecule has 0 saturated carbocycles. The number of benzene rings is 1. The van der Waals surface area contributed by atoms with Crippen LogP contribution in [-0.4, -0.2) is 21.9 Å². The quantitative estimate of drug-likeness (QED) is 0.592. The third-order valence-electron chi connectivity index (χ3n) is 2.45. The molecule has 0 saturated heterocycles. The SMILES string of the molecule is CNCc1cnc(Oc2c(Br)cc([N+](=O)[O-])cc2Br)nc1. The van der Waals surface area contributed by atoms with Crippen LogP contribution in [0.4, 0.5) is 5.69 Å². The molecule has 9 heteroatoms. The highest BCUT2D eigenvalue weighted by Gasteiger charge is 2.16. The Morgan fingerprint density at radius 3 is 2.33 bits per heavy atom. The van der Waals surface area contributed by atoms with E-state index in [1.54, 1.807) is 12.4 Å². The summed E-state index contributed by atoms with van der Waals surface area (Å²) in [5.41, 5.74) is 0.873. The molecule has 0 fully saturated rings. The lowest BCUT2D eigenvalue weighted by atomic mass is 10.3. The zero-order chi connectivity index (χ0) is 15.4. The van der Waals surface area contributed by atoms with Gasteiger partial charge in [-0.1, -0.05) is 0 Å². The zero-order valence-corrected chi connectivity index (χ0v) is 14.0. The van der Waals surface area contributed by atoms with Crippen LogP contribution in [0.15, 0.2) is 33.5 Å². The molecule has 7 nitrogen and oxygen atoms in total. The molecule has 0 atom stereocenters. The van der Waals surface area contributed by atoms with E-state index >= 15 is 0 Å². The average Bonchev–Trinajstić information content (AvgIpc) is 2.44. The van der Waals surface area contributed by atoms with E-state index in [0.29, 0.717) is 21.2 Å². The molecule has 0 aliphatic rings. The van der Waals surface area contributed by atoms with Gasteiger partial charge < -0.3 is 10.1 Å². The third-order valence-corrected chi connectivity index (χ3v) is 3.63. The Hall–Kier alpha value is -1.58. The summed E-state index contributed by atoms with van der Waals surface area (Å²) in [6.07, 6.45) is 3.29. The van der Waals surface area contributed by atoms with Crippen molar-refractivity contribution in [2.75, 3.05) is 7.05 Å². The summed E-state index contributed by atoms with van der Waals surface area (Å²) < 4.78 is 6.42. The second-order valence-corrected chi connectivity index (χ2v) is 5.71. The number of aromatic nitrogens is 2. The van der Waals surface area contributed by atoms with E-state index in [2.05, 4.69) is 47.1 Å². The summed E-state index contributed by atoms with van der Waals surface area (Å²) in [7, 11) is 1.83. The Balaban J connectivity index is 2.25. The average molecular weight is 418 g/mol. The van der Waals surface area contributed by atoms with Crippen molar-refractivity contribution in [2.45, 2.75) is 6.54 Å². The van der Waals surface area contributed by atoms with Crippen molar-refractivity contribution in [1.82, 2.24) is 15.3 Å². The highest BCUT2D eigenvalue weighted by molar-refractivity contribution is 9.11. The van der Waals surface area contributed by atoms with Gasteiger partial charge in [-0.2, -0.15) is 0 Å². The molecular formula is C12H10Br2N4O3. The fourth-order valence-electron chi connectivity index (χ4n) is 1.53. The Morgan fingerprint density at radius 1 is 1.29 bits per heavy atom. The van der Waals surface area contributed by atoms with Crippen LogP contribution in [0.3, 0.4) is 0 Å². The lowest BCUT2D eigenvalue weighted by molar-refractivity contribution is -0.385. The van der Waals surface area contributed by atoms with Crippen molar-refractivity contribution in [3.05, 3.63) is 49.1 Å². The molecule has 2 rings (SSSR count). The fourth-order valence-corrected chi connectivity index (χ4v) is 2.86. The maximum absolute atomic E-state index is 10.8. The van der Waals surface area contributed by atoms with Crippen LogP contribution in [0.2, 0.25) is 0 Å². The summed E-state index contributed by atoms with van der Waals surface area (Å²) in [4.78, 5) is 18.4. The van der Waals surface area contributed by atoms with Gasteiger partial charge in [0.15, 0.2) is 5.75 Å². The first-order chi connectivity index (χ1) is 10.0. The van der Waals surface area contributed by atoms with E-state index in [4.69, 9.17) is 4.74 Å². The van der Waals surface area contributed by atoms with Gasteiger partial charge in [-0.15, -0.1) is 0 Å². The second-order valence-electron chi connectivity index (χ2n) is 4.00. The van der Waals surface area contributed by atoms with Crippen LogP contribution >= 0.6 is 31.9 Å². The highest BCUT2D eigenvalue weighted by atomic mass is 79.9. The van der Waals surface area contributed by atoms with Crippen LogP contribution in [0, 0.1) is 10.1 Å². The van der Waals surface area contributed by atoms with Crippen LogP contribution < -0.4 is 10.1 Å². The molecule has 0 spiro atoms. The Morgan fingerprint density at radius 2 is 1.86 bits per heavy atom. The lowest BCUT2D eigenvalue weighted by Crippen LogP contribution is -2.06. The van der Waals surface area contributed by atoms with Gasteiger partial charge in [-0.05, 0) is 38.9 Å². The summed E-state index contributed by atoms with van der Waals surface area (Å²) in [5.74, 6) is 0.377. The van der Waals surface area contributed by atoms with Crippen molar-refractivity contribution in [2.24, 2.45) is 0 Å². The summed E-state index contributed by atoms with van der Waals surface area (Å²) >= 11 is 6.48. The molecule has 0 aliphatic carbocycles. The number of non-ortho nitro benzene ring substituents is 1. The van der Waals surface area contributed by atoms with Gasteiger partial charge in [0.2, 0.25) is 0 Å². The maximum atomic E-state index is 10.8. The molecule has 21 heavy (non-hydrogen) atoms. The number of hydrogen-bond acceptors (Lipinski definition) is 6. The molecule has 110 valence electrons. The molecular weight excluding hydrogens is 408 g/mol. The van der Waals surface area contributed by atoms with Crippen LogP contribution in [0.1, 0.15) is 5.56 Å². The maximum Gasteiger partial charge on any atom is 0.321 e. The Kier molecular flexibility index (Phi) is 5.21. The molecule has 1 aromatic carbocycles.